The Morgan fingerprint density at radius 1 is 1.22 bits per heavy atom. The summed E-state index contributed by atoms with van der Waals surface area (Å²) in [7, 11) is 1.58. The average Bonchev–Trinajstić information content (AvgIpc) is 2.89. The zero-order chi connectivity index (χ0) is 16.2. The standard InChI is InChI=1S/C18H14FNO3/c1-22-15-4-2-3-13(9-15)10-16-18(21)23-17(20-16)11-12-5-7-14(19)8-6-12/h2-10H,11H2,1H3/b16-10+. The molecule has 0 unspecified atom stereocenters. The predicted molar refractivity (Wildman–Crippen MR) is 84.6 cm³/mol. The van der Waals surface area contributed by atoms with E-state index in [9.17, 15) is 9.18 Å². The van der Waals surface area contributed by atoms with Gasteiger partial charge in [0.05, 0.1) is 7.11 Å². The Morgan fingerprint density at radius 2 is 2.00 bits per heavy atom. The molecular weight excluding hydrogens is 297 g/mol. The molecular formula is C18H14FNO3. The molecule has 0 radical (unpaired) electrons. The quantitative estimate of drug-likeness (QED) is 0.642. The summed E-state index contributed by atoms with van der Waals surface area (Å²) >= 11 is 0. The van der Waals surface area contributed by atoms with Gasteiger partial charge in [-0.3, -0.25) is 0 Å². The van der Waals surface area contributed by atoms with E-state index < -0.39 is 5.97 Å². The molecule has 0 saturated heterocycles. The Hall–Kier alpha value is -2.95. The number of cyclic esters (lactones) is 1. The van der Waals surface area contributed by atoms with Crippen molar-refractivity contribution in [2.45, 2.75) is 6.42 Å². The van der Waals surface area contributed by atoms with E-state index >= 15 is 0 Å². The van der Waals surface area contributed by atoms with Gasteiger partial charge >= 0.3 is 5.97 Å². The molecule has 3 rings (SSSR count). The largest absolute Gasteiger partial charge is 0.497 e. The van der Waals surface area contributed by atoms with E-state index in [1.54, 1.807) is 31.4 Å². The minimum absolute atomic E-state index is 0.232. The second kappa shape index (κ2) is 6.44. The Labute approximate surface area is 132 Å². The van der Waals surface area contributed by atoms with Crippen molar-refractivity contribution in [1.29, 1.82) is 0 Å². The third-order valence-electron chi connectivity index (χ3n) is 3.33. The van der Waals surface area contributed by atoms with Gasteiger partial charge in [0.15, 0.2) is 5.70 Å². The summed E-state index contributed by atoms with van der Waals surface area (Å²) in [4.78, 5) is 16.1. The molecule has 0 atom stereocenters. The normalized spacial score (nSPS) is 15.5. The maximum absolute atomic E-state index is 12.9. The first-order chi connectivity index (χ1) is 11.1. The van der Waals surface area contributed by atoms with Crippen LogP contribution in [0, 0.1) is 5.82 Å². The first-order valence-electron chi connectivity index (χ1n) is 7.04. The number of nitrogens with zero attached hydrogens (tertiary/aromatic N) is 1. The number of ether oxygens (including phenoxy) is 2. The second-order valence-corrected chi connectivity index (χ2v) is 5.00. The average molecular weight is 311 g/mol. The maximum atomic E-state index is 12.9. The van der Waals surface area contributed by atoms with Gasteiger partial charge in [0.25, 0.3) is 0 Å². The number of rotatable bonds is 4. The molecule has 0 fully saturated rings. The van der Waals surface area contributed by atoms with E-state index in [1.807, 2.05) is 18.2 Å². The molecule has 0 bridgehead atoms. The Bertz CT molecular complexity index is 794. The van der Waals surface area contributed by atoms with E-state index in [-0.39, 0.29) is 11.5 Å². The summed E-state index contributed by atoms with van der Waals surface area (Å²) < 4.78 is 23.2. The fraction of sp³-hybridized carbons (Fsp3) is 0.111. The fourth-order valence-electron chi connectivity index (χ4n) is 2.19. The Balaban J connectivity index is 1.80. The highest BCUT2D eigenvalue weighted by Crippen LogP contribution is 2.20. The fourth-order valence-corrected chi connectivity index (χ4v) is 2.19. The summed E-state index contributed by atoms with van der Waals surface area (Å²) in [6.07, 6.45) is 1.98. The van der Waals surface area contributed by atoms with Crippen LogP contribution in [0.25, 0.3) is 6.08 Å². The second-order valence-electron chi connectivity index (χ2n) is 5.00. The molecule has 1 aliphatic rings. The summed E-state index contributed by atoms with van der Waals surface area (Å²) in [5.41, 5.74) is 1.85. The number of esters is 1. The minimum atomic E-state index is -0.495. The molecule has 4 nitrogen and oxygen atoms in total. The highest BCUT2D eigenvalue weighted by molar-refractivity contribution is 6.07. The molecule has 5 heteroatoms. The number of aliphatic imine (C=N–C) groups is 1. The van der Waals surface area contributed by atoms with E-state index in [1.165, 1.54) is 12.1 Å². The minimum Gasteiger partial charge on any atom is -0.497 e. The Morgan fingerprint density at radius 3 is 2.74 bits per heavy atom. The number of hydrogen-bond donors (Lipinski definition) is 0. The van der Waals surface area contributed by atoms with E-state index in [0.29, 0.717) is 18.1 Å². The molecule has 2 aromatic rings. The highest BCUT2D eigenvalue weighted by atomic mass is 19.1. The van der Waals surface area contributed by atoms with Crippen LogP contribution in [0.15, 0.2) is 59.2 Å². The highest BCUT2D eigenvalue weighted by Gasteiger charge is 2.22. The molecule has 0 aliphatic carbocycles. The topological polar surface area (TPSA) is 47.9 Å². The van der Waals surface area contributed by atoms with Crippen LogP contribution in [0.1, 0.15) is 11.1 Å². The molecule has 2 aromatic carbocycles. The van der Waals surface area contributed by atoms with Gasteiger partial charge in [0, 0.05) is 6.42 Å². The summed E-state index contributed by atoms with van der Waals surface area (Å²) in [6, 6.07) is 13.3. The van der Waals surface area contributed by atoms with Crippen LogP contribution >= 0.6 is 0 Å². The molecule has 0 spiro atoms. The number of hydrogen-bond acceptors (Lipinski definition) is 4. The molecule has 0 amide bonds. The molecule has 116 valence electrons. The van der Waals surface area contributed by atoms with Crippen LogP contribution in [0.5, 0.6) is 5.75 Å². The molecule has 1 aliphatic heterocycles. The molecule has 0 N–H and O–H groups in total. The number of benzene rings is 2. The lowest BCUT2D eigenvalue weighted by molar-refractivity contribution is -0.130. The molecule has 0 aromatic heterocycles. The summed E-state index contributed by atoms with van der Waals surface area (Å²) in [6.45, 7) is 0. The number of carbonyl (C=O) groups excluding carboxylic acids is 1. The first kappa shape index (κ1) is 15.0. The molecule has 1 heterocycles. The van der Waals surface area contributed by atoms with Crippen LogP contribution in [0.3, 0.4) is 0 Å². The van der Waals surface area contributed by atoms with Crippen LogP contribution in [-0.2, 0) is 16.0 Å². The van der Waals surface area contributed by atoms with Crippen molar-refractivity contribution in [3.8, 4) is 5.75 Å². The zero-order valence-electron chi connectivity index (χ0n) is 12.5. The van der Waals surface area contributed by atoms with Gasteiger partial charge in [-0.1, -0.05) is 24.3 Å². The number of carbonyl (C=O) groups is 1. The van der Waals surface area contributed by atoms with Crippen molar-refractivity contribution in [2.24, 2.45) is 4.99 Å². The van der Waals surface area contributed by atoms with Crippen molar-refractivity contribution in [3.05, 3.63) is 71.2 Å². The van der Waals surface area contributed by atoms with Crippen molar-refractivity contribution < 1.29 is 18.7 Å². The zero-order valence-corrected chi connectivity index (χ0v) is 12.5. The van der Waals surface area contributed by atoms with Gasteiger partial charge in [-0.15, -0.1) is 0 Å². The van der Waals surface area contributed by atoms with E-state index in [2.05, 4.69) is 4.99 Å². The number of methoxy groups -OCH3 is 1. The lowest BCUT2D eigenvalue weighted by Gasteiger charge is -2.00. The van der Waals surface area contributed by atoms with Crippen molar-refractivity contribution in [2.75, 3.05) is 7.11 Å². The van der Waals surface area contributed by atoms with Crippen molar-refractivity contribution in [1.82, 2.24) is 0 Å². The van der Waals surface area contributed by atoms with Crippen LogP contribution < -0.4 is 4.74 Å². The number of halogens is 1. The summed E-state index contributed by atoms with van der Waals surface area (Å²) in [5.74, 6) is 0.194. The first-order valence-corrected chi connectivity index (χ1v) is 7.04. The van der Waals surface area contributed by atoms with Crippen molar-refractivity contribution in [3.63, 3.8) is 0 Å². The third-order valence-corrected chi connectivity index (χ3v) is 3.33. The van der Waals surface area contributed by atoms with Crippen LogP contribution in [-0.4, -0.2) is 19.0 Å². The van der Waals surface area contributed by atoms with Crippen LogP contribution in [0.2, 0.25) is 0 Å². The van der Waals surface area contributed by atoms with E-state index in [4.69, 9.17) is 9.47 Å². The molecule has 23 heavy (non-hydrogen) atoms. The van der Waals surface area contributed by atoms with Gasteiger partial charge in [-0.05, 0) is 41.5 Å². The predicted octanol–water partition coefficient (Wildman–Crippen LogP) is 3.37. The van der Waals surface area contributed by atoms with Gasteiger partial charge in [-0.2, -0.15) is 0 Å². The monoisotopic (exact) mass is 311 g/mol. The smallest absolute Gasteiger partial charge is 0.363 e. The van der Waals surface area contributed by atoms with Gasteiger partial charge in [0.2, 0.25) is 5.90 Å². The Kier molecular flexibility index (Phi) is 4.19. The van der Waals surface area contributed by atoms with Gasteiger partial charge in [0.1, 0.15) is 11.6 Å². The third kappa shape index (κ3) is 3.63. The summed E-state index contributed by atoms with van der Waals surface area (Å²) in [5, 5.41) is 0. The SMILES string of the molecule is COc1cccc(/C=C2/N=C(Cc3ccc(F)cc3)OC2=O)c1. The van der Waals surface area contributed by atoms with Gasteiger partial charge < -0.3 is 9.47 Å². The van der Waals surface area contributed by atoms with Crippen molar-refractivity contribution >= 4 is 17.9 Å². The lowest BCUT2D eigenvalue weighted by Crippen LogP contribution is -2.06. The maximum Gasteiger partial charge on any atom is 0.363 e. The lowest BCUT2D eigenvalue weighted by atomic mass is 10.1. The van der Waals surface area contributed by atoms with Gasteiger partial charge in [-0.25, -0.2) is 14.2 Å². The molecule has 0 saturated carbocycles. The van der Waals surface area contributed by atoms with Crippen LogP contribution in [0.4, 0.5) is 4.39 Å². The van der Waals surface area contributed by atoms with E-state index in [0.717, 1.165) is 11.1 Å².